The molecule has 1 unspecified atom stereocenters. The van der Waals surface area contributed by atoms with E-state index in [1.54, 1.807) is 50.2 Å². The van der Waals surface area contributed by atoms with Gasteiger partial charge in [-0.2, -0.15) is 4.72 Å². The molecule has 0 saturated heterocycles. The lowest BCUT2D eigenvalue weighted by Gasteiger charge is -2.19. The fourth-order valence-electron chi connectivity index (χ4n) is 2.59. The molecule has 0 spiro atoms. The third kappa shape index (κ3) is 5.14. The van der Waals surface area contributed by atoms with Crippen molar-refractivity contribution in [2.24, 2.45) is 5.92 Å². The van der Waals surface area contributed by atoms with E-state index in [0.29, 0.717) is 5.56 Å². The smallest absolute Gasteiger partial charge is 0.324 e. The van der Waals surface area contributed by atoms with Crippen molar-refractivity contribution in [3.8, 4) is 11.1 Å². The quantitative estimate of drug-likeness (QED) is 0.725. The summed E-state index contributed by atoms with van der Waals surface area (Å²) in [5.41, 5.74) is 2.25. The fraction of sp³-hybridized carbons (Fsp3) is 0.350. The minimum Gasteiger partial charge on any atom is -0.468 e. The number of esters is 1. The molecule has 1 N–H and O–H groups in total. The largest absolute Gasteiger partial charge is 0.468 e. The zero-order valence-electron chi connectivity index (χ0n) is 15.8. The van der Waals surface area contributed by atoms with Gasteiger partial charge in [0.25, 0.3) is 0 Å². The molecule has 0 aliphatic rings. The summed E-state index contributed by atoms with van der Waals surface area (Å²) < 4.78 is 45.5. The first-order chi connectivity index (χ1) is 12.7. The van der Waals surface area contributed by atoms with Crippen LogP contribution in [-0.2, 0) is 19.6 Å². The zero-order valence-corrected chi connectivity index (χ0v) is 16.6. The fourth-order valence-corrected chi connectivity index (χ4v) is 3.92. The third-order valence-electron chi connectivity index (χ3n) is 4.27. The number of rotatable bonds is 7. The van der Waals surface area contributed by atoms with Gasteiger partial charge < -0.3 is 4.74 Å². The number of hydrogen-bond donors (Lipinski definition) is 1. The van der Waals surface area contributed by atoms with Crippen LogP contribution in [0.2, 0.25) is 0 Å². The van der Waals surface area contributed by atoms with Gasteiger partial charge in [-0.15, -0.1) is 0 Å². The first-order valence-electron chi connectivity index (χ1n) is 8.60. The minimum atomic E-state index is -3.88. The number of hydrogen-bond acceptors (Lipinski definition) is 4. The minimum absolute atomic E-state index is 0.0507. The molecule has 5 nitrogen and oxygen atoms in total. The van der Waals surface area contributed by atoms with Gasteiger partial charge in [-0.05, 0) is 41.7 Å². The molecule has 2 aromatic rings. The van der Waals surface area contributed by atoms with Crippen LogP contribution >= 0.6 is 0 Å². The summed E-state index contributed by atoms with van der Waals surface area (Å²) in [6, 6.07) is 12.3. The average Bonchev–Trinajstić information content (AvgIpc) is 2.65. The number of nitrogens with one attached hydrogen (secondary N) is 1. The van der Waals surface area contributed by atoms with Crippen molar-refractivity contribution in [1.29, 1.82) is 0 Å². The Morgan fingerprint density at radius 3 is 1.85 bits per heavy atom. The van der Waals surface area contributed by atoms with Crippen LogP contribution in [0.5, 0.6) is 0 Å². The molecule has 2 atom stereocenters. The summed E-state index contributed by atoms with van der Waals surface area (Å²) in [6.07, 6.45) is -1.04. The number of benzene rings is 2. The van der Waals surface area contributed by atoms with Gasteiger partial charge in [-0.25, -0.2) is 12.8 Å². The van der Waals surface area contributed by atoms with E-state index in [-0.39, 0.29) is 10.8 Å². The number of sulfonamides is 1. The Morgan fingerprint density at radius 2 is 1.44 bits per heavy atom. The van der Waals surface area contributed by atoms with E-state index in [1.807, 2.05) is 0 Å². The van der Waals surface area contributed by atoms with E-state index in [9.17, 15) is 17.6 Å². The van der Waals surface area contributed by atoms with Gasteiger partial charge in [-0.3, -0.25) is 4.79 Å². The summed E-state index contributed by atoms with van der Waals surface area (Å²) in [4.78, 5) is 11.9. The highest BCUT2D eigenvalue weighted by Crippen LogP contribution is 2.24. The number of carbonyl (C=O) groups is 1. The van der Waals surface area contributed by atoms with Gasteiger partial charge in [0.2, 0.25) is 10.0 Å². The number of halogens is 1. The predicted octanol–water partition coefficient (Wildman–Crippen LogP) is 3.86. The molecule has 0 fully saturated rings. The van der Waals surface area contributed by atoms with E-state index in [1.165, 1.54) is 26.2 Å². The van der Waals surface area contributed by atoms with Gasteiger partial charge in [0.1, 0.15) is 12.2 Å². The lowest BCUT2D eigenvalue weighted by atomic mass is 10.0. The molecule has 0 aliphatic carbocycles. The maximum Gasteiger partial charge on any atom is 0.324 e. The maximum atomic E-state index is 13.3. The zero-order chi connectivity index (χ0) is 20.2. The van der Waals surface area contributed by atoms with E-state index in [0.717, 1.165) is 11.1 Å². The standard InChI is InChI=1S/C20H24FNO4S/c1-13(2)19(20(23)26-4)22-27(24,25)18-11-9-17(10-12-18)16-7-5-15(6-8-16)14(3)21/h5-14,19,22H,1-4H3/t14?,19-/m1/s1. The van der Waals surface area contributed by atoms with Crippen molar-refractivity contribution >= 4 is 16.0 Å². The molecule has 7 heteroatoms. The lowest BCUT2D eigenvalue weighted by molar-refractivity contribution is -0.143. The van der Waals surface area contributed by atoms with Crippen molar-refractivity contribution in [1.82, 2.24) is 4.72 Å². The highest BCUT2D eigenvalue weighted by molar-refractivity contribution is 7.89. The van der Waals surface area contributed by atoms with Crippen molar-refractivity contribution in [2.75, 3.05) is 7.11 Å². The van der Waals surface area contributed by atoms with Crippen LogP contribution in [0, 0.1) is 5.92 Å². The summed E-state index contributed by atoms with van der Waals surface area (Å²) in [5.74, 6) is -0.893. The SMILES string of the molecule is COC(=O)[C@H](NS(=O)(=O)c1ccc(-c2ccc(C(C)F)cc2)cc1)C(C)C. The summed E-state index contributed by atoms with van der Waals surface area (Å²) in [6.45, 7) is 4.94. The summed E-state index contributed by atoms with van der Waals surface area (Å²) in [5, 5.41) is 0. The highest BCUT2D eigenvalue weighted by Gasteiger charge is 2.29. The van der Waals surface area contributed by atoms with Crippen LogP contribution in [-0.4, -0.2) is 27.5 Å². The van der Waals surface area contributed by atoms with E-state index < -0.39 is 28.2 Å². The number of carbonyl (C=O) groups excluding carboxylic acids is 1. The van der Waals surface area contributed by atoms with Gasteiger partial charge in [-0.1, -0.05) is 50.2 Å². The predicted molar refractivity (Wildman–Crippen MR) is 102 cm³/mol. The summed E-state index contributed by atoms with van der Waals surface area (Å²) in [7, 11) is -2.66. The second kappa shape index (κ2) is 8.63. The van der Waals surface area contributed by atoms with Crippen LogP contribution in [0.1, 0.15) is 32.5 Å². The average molecular weight is 393 g/mol. The molecular formula is C20H24FNO4S. The number of alkyl halides is 1. The van der Waals surface area contributed by atoms with Crippen molar-refractivity contribution in [3.63, 3.8) is 0 Å². The number of methoxy groups -OCH3 is 1. The molecule has 2 aromatic carbocycles. The Bertz CT molecular complexity index is 875. The van der Waals surface area contributed by atoms with Gasteiger partial charge in [0.15, 0.2) is 0 Å². The molecule has 0 aliphatic heterocycles. The van der Waals surface area contributed by atoms with Crippen LogP contribution in [0.15, 0.2) is 53.4 Å². The molecule has 27 heavy (non-hydrogen) atoms. The molecule has 0 bridgehead atoms. The summed E-state index contributed by atoms with van der Waals surface area (Å²) >= 11 is 0. The molecule has 0 radical (unpaired) electrons. The Kier molecular flexibility index (Phi) is 6.73. The molecule has 0 heterocycles. The van der Waals surface area contributed by atoms with Crippen molar-refractivity contribution < 1.29 is 22.3 Å². The molecule has 0 aromatic heterocycles. The Balaban J connectivity index is 2.23. The van der Waals surface area contributed by atoms with E-state index in [4.69, 9.17) is 0 Å². The normalized spacial score (nSPS) is 14.0. The van der Waals surface area contributed by atoms with Crippen LogP contribution < -0.4 is 4.72 Å². The van der Waals surface area contributed by atoms with Crippen molar-refractivity contribution in [3.05, 3.63) is 54.1 Å². The van der Waals surface area contributed by atoms with E-state index >= 15 is 0 Å². The van der Waals surface area contributed by atoms with E-state index in [2.05, 4.69) is 9.46 Å². The second-order valence-corrected chi connectivity index (χ2v) is 8.34. The van der Waals surface area contributed by atoms with Crippen LogP contribution in [0.3, 0.4) is 0 Å². The molecular weight excluding hydrogens is 369 g/mol. The maximum absolute atomic E-state index is 13.3. The second-order valence-electron chi connectivity index (χ2n) is 6.63. The molecule has 0 amide bonds. The van der Waals surface area contributed by atoms with Crippen molar-refractivity contribution in [2.45, 2.75) is 37.9 Å². The third-order valence-corrected chi connectivity index (χ3v) is 5.73. The van der Waals surface area contributed by atoms with Crippen LogP contribution in [0.4, 0.5) is 4.39 Å². The highest BCUT2D eigenvalue weighted by atomic mass is 32.2. The first-order valence-corrected chi connectivity index (χ1v) is 10.1. The van der Waals surface area contributed by atoms with Gasteiger partial charge in [0, 0.05) is 0 Å². The molecule has 2 rings (SSSR count). The van der Waals surface area contributed by atoms with Gasteiger partial charge >= 0.3 is 5.97 Å². The number of ether oxygens (including phenoxy) is 1. The molecule has 0 saturated carbocycles. The Hall–Kier alpha value is -2.25. The molecule has 146 valence electrons. The topological polar surface area (TPSA) is 72.5 Å². The lowest BCUT2D eigenvalue weighted by Crippen LogP contribution is -2.44. The Labute approximate surface area is 159 Å². The first kappa shape index (κ1) is 21.1. The Morgan fingerprint density at radius 1 is 0.963 bits per heavy atom. The van der Waals surface area contributed by atoms with Crippen LogP contribution in [0.25, 0.3) is 11.1 Å². The van der Waals surface area contributed by atoms with Gasteiger partial charge in [0.05, 0.1) is 12.0 Å². The monoisotopic (exact) mass is 393 g/mol.